The summed E-state index contributed by atoms with van der Waals surface area (Å²) in [4.78, 5) is 41.7. The second kappa shape index (κ2) is 14.7. The van der Waals surface area contributed by atoms with Gasteiger partial charge in [-0.15, -0.1) is 0 Å². The Morgan fingerprint density at radius 3 is 1.94 bits per heavy atom. The van der Waals surface area contributed by atoms with Gasteiger partial charge >= 0.3 is 6.09 Å². The van der Waals surface area contributed by atoms with Crippen molar-refractivity contribution in [3.05, 3.63) is 149 Å². The monoisotopic (exact) mass is 649 g/mol. The number of fused-ring (bicyclic) bond motifs is 1. The molecule has 0 bridgehead atoms. The van der Waals surface area contributed by atoms with Crippen molar-refractivity contribution in [2.45, 2.75) is 57.2 Å². The van der Waals surface area contributed by atoms with Crippen LogP contribution >= 0.6 is 11.6 Å². The summed E-state index contributed by atoms with van der Waals surface area (Å²) in [6.45, 7) is 5.87. The van der Waals surface area contributed by atoms with E-state index >= 15 is 0 Å². The second-order valence-electron chi connectivity index (χ2n) is 12.6. The molecule has 0 unspecified atom stereocenters. The normalized spacial score (nSPS) is 13.6. The molecule has 0 saturated carbocycles. The molecule has 5 rings (SSSR count). The number of halogens is 1. The van der Waals surface area contributed by atoms with Gasteiger partial charge in [0.1, 0.15) is 11.1 Å². The van der Waals surface area contributed by atoms with Gasteiger partial charge in [-0.1, -0.05) is 109 Å². The molecule has 1 heterocycles. The third-order valence-electron chi connectivity index (χ3n) is 8.01. The molecule has 2 N–H and O–H groups in total. The summed E-state index contributed by atoms with van der Waals surface area (Å²) in [6, 6.07) is 34.5. The molecule has 0 radical (unpaired) electrons. The summed E-state index contributed by atoms with van der Waals surface area (Å²) in [6.07, 6.45) is 3.46. The first kappa shape index (κ1) is 33.5. The van der Waals surface area contributed by atoms with Crippen LogP contribution in [0, 0.1) is 0 Å². The van der Waals surface area contributed by atoms with Gasteiger partial charge in [-0.25, -0.2) is 4.79 Å². The van der Waals surface area contributed by atoms with Crippen LogP contribution in [0.25, 0.3) is 0 Å². The fourth-order valence-corrected chi connectivity index (χ4v) is 6.10. The van der Waals surface area contributed by atoms with Crippen LogP contribution in [0.1, 0.15) is 55.9 Å². The average molecular weight is 650 g/mol. The zero-order valence-corrected chi connectivity index (χ0v) is 27.7. The van der Waals surface area contributed by atoms with E-state index < -0.39 is 23.3 Å². The lowest BCUT2D eigenvalue weighted by Crippen LogP contribution is -2.48. The molecule has 47 heavy (non-hydrogen) atoms. The number of amides is 3. The van der Waals surface area contributed by atoms with Crippen molar-refractivity contribution in [1.82, 2.24) is 10.6 Å². The van der Waals surface area contributed by atoms with Gasteiger partial charge < -0.3 is 20.3 Å². The molecule has 4 aromatic rings. The summed E-state index contributed by atoms with van der Waals surface area (Å²) >= 11 is 6.15. The molecule has 8 heteroatoms. The molecule has 0 aromatic heterocycles. The van der Waals surface area contributed by atoms with Crippen molar-refractivity contribution in [1.29, 1.82) is 0 Å². The van der Waals surface area contributed by atoms with E-state index in [1.165, 1.54) is 6.08 Å². The zero-order chi connectivity index (χ0) is 33.4. The van der Waals surface area contributed by atoms with E-state index in [1.807, 2.05) is 103 Å². The summed E-state index contributed by atoms with van der Waals surface area (Å²) in [5.74, 6) is -0.439. The Balaban J connectivity index is 1.39. The van der Waals surface area contributed by atoms with Gasteiger partial charge in [0.15, 0.2) is 0 Å². The molecule has 242 valence electrons. The topological polar surface area (TPSA) is 87.7 Å². The Labute approximate surface area is 281 Å². The number of carbonyl (C=O) groups excluding carboxylic acids is 3. The zero-order valence-electron chi connectivity index (χ0n) is 26.9. The van der Waals surface area contributed by atoms with E-state index in [0.717, 1.165) is 27.9 Å². The quantitative estimate of drug-likeness (QED) is 0.137. The lowest BCUT2D eigenvalue weighted by atomic mass is 9.77. The van der Waals surface area contributed by atoms with E-state index in [2.05, 4.69) is 10.6 Å². The molecule has 0 aliphatic carbocycles. The molecule has 1 aliphatic heterocycles. The van der Waals surface area contributed by atoms with Gasteiger partial charge in [0, 0.05) is 29.8 Å². The van der Waals surface area contributed by atoms with E-state index in [-0.39, 0.29) is 24.7 Å². The van der Waals surface area contributed by atoms with Crippen molar-refractivity contribution < 1.29 is 19.1 Å². The number of hydrogen-bond acceptors (Lipinski definition) is 4. The van der Waals surface area contributed by atoms with Crippen LogP contribution in [0.2, 0.25) is 5.02 Å². The third kappa shape index (κ3) is 8.29. The SMILES string of the molecule is CC(C)(C)OC(=O)N[C@H](/C=C/C(=O)N1CCc2cc(Cl)ccc21)CCC(=O)NC(c1ccccc1)(c1ccccc1)c1ccccc1. The number of nitrogens with one attached hydrogen (secondary N) is 2. The Hall–Kier alpha value is -4.88. The minimum atomic E-state index is -0.965. The first-order chi connectivity index (χ1) is 22.5. The lowest BCUT2D eigenvalue weighted by molar-refractivity contribution is -0.122. The van der Waals surface area contributed by atoms with Gasteiger partial charge in [-0.3, -0.25) is 9.59 Å². The highest BCUT2D eigenvalue weighted by Gasteiger charge is 2.38. The van der Waals surface area contributed by atoms with E-state index in [1.54, 1.807) is 37.8 Å². The van der Waals surface area contributed by atoms with Crippen molar-refractivity contribution in [3.8, 4) is 0 Å². The molecule has 1 aliphatic rings. The maximum absolute atomic E-state index is 13.9. The van der Waals surface area contributed by atoms with Crippen LogP contribution in [0.3, 0.4) is 0 Å². The van der Waals surface area contributed by atoms with Gasteiger partial charge in [0.05, 0.1) is 6.04 Å². The van der Waals surface area contributed by atoms with Crippen molar-refractivity contribution in [2.24, 2.45) is 0 Å². The summed E-state index contributed by atoms with van der Waals surface area (Å²) < 4.78 is 5.50. The van der Waals surface area contributed by atoms with Crippen molar-refractivity contribution in [2.75, 3.05) is 11.4 Å². The van der Waals surface area contributed by atoms with Gasteiger partial charge in [-0.05, 0) is 74.1 Å². The van der Waals surface area contributed by atoms with E-state index in [9.17, 15) is 14.4 Å². The van der Waals surface area contributed by atoms with Crippen LogP contribution in [0.4, 0.5) is 10.5 Å². The fourth-order valence-electron chi connectivity index (χ4n) is 5.90. The number of carbonyl (C=O) groups is 3. The number of alkyl carbamates (subject to hydrolysis) is 1. The molecular formula is C39H40ClN3O4. The molecule has 4 aromatic carbocycles. The molecule has 0 saturated heterocycles. The predicted octanol–water partition coefficient (Wildman–Crippen LogP) is 7.57. The fraction of sp³-hybridized carbons (Fsp3) is 0.256. The molecule has 3 amide bonds. The largest absolute Gasteiger partial charge is 0.444 e. The predicted molar refractivity (Wildman–Crippen MR) is 186 cm³/mol. The van der Waals surface area contributed by atoms with E-state index in [0.29, 0.717) is 18.0 Å². The summed E-state index contributed by atoms with van der Waals surface area (Å²) in [5, 5.41) is 6.83. The smallest absolute Gasteiger partial charge is 0.408 e. The maximum Gasteiger partial charge on any atom is 0.408 e. The second-order valence-corrected chi connectivity index (χ2v) is 13.0. The Morgan fingerprint density at radius 2 is 1.40 bits per heavy atom. The Morgan fingerprint density at radius 1 is 0.851 bits per heavy atom. The minimum absolute atomic E-state index is 0.0678. The number of benzene rings is 4. The highest BCUT2D eigenvalue weighted by atomic mass is 35.5. The standard InChI is InChI=1S/C39H40ClN3O4/c1-38(2,3)47-37(46)41-33(21-24-36(45)43-26-25-28-27-32(40)19-22-34(28)43)20-23-35(44)42-39(29-13-7-4-8-14-29,30-15-9-5-10-16-30)31-17-11-6-12-18-31/h4-19,21-22,24,27,33H,20,23,25-26H2,1-3H3,(H,41,46)(H,42,44)/b24-21+/t33-/m0/s1. The van der Waals surface area contributed by atoms with Crippen LogP contribution in [-0.4, -0.2) is 36.1 Å². The molecule has 0 spiro atoms. The first-order valence-electron chi connectivity index (χ1n) is 15.8. The Bertz CT molecular complexity index is 1620. The summed E-state index contributed by atoms with van der Waals surface area (Å²) in [5.41, 5.74) is 2.88. The average Bonchev–Trinajstić information content (AvgIpc) is 3.48. The molecule has 0 fully saturated rings. The van der Waals surface area contributed by atoms with E-state index in [4.69, 9.17) is 16.3 Å². The number of hydrogen-bond donors (Lipinski definition) is 2. The van der Waals surface area contributed by atoms with Crippen LogP contribution in [-0.2, 0) is 26.3 Å². The number of ether oxygens (including phenoxy) is 1. The highest BCUT2D eigenvalue weighted by molar-refractivity contribution is 6.30. The molecule has 1 atom stereocenters. The van der Waals surface area contributed by atoms with Crippen LogP contribution in [0.15, 0.2) is 121 Å². The molecular weight excluding hydrogens is 610 g/mol. The van der Waals surface area contributed by atoms with Crippen LogP contribution in [0.5, 0.6) is 0 Å². The number of nitrogens with zero attached hydrogens (tertiary/aromatic N) is 1. The summed E-state index contributed by atoms with van der Waals surface area (Å²) in [7, 11) is 0. The molecule has 7 nitrogen and oxygen atoms in total. The van der Waals surface area contributed by atoms with Crippen molar-refractivity contribution >= 4 is 35.2 Å². The Kier molecular flexibility index (Phi) is 10.5. The van der Waals surface area contributed by atoms with Crippen LogP contribution < -0.4 is 15.5 Å². The highest BCUT2D eigenvalue weighted by Crippen LogP contribution is 2.37. The lowest BCUT2D eigenvalue weighted by Gasteiger charge is -2.37. The first-order valence-corrected chi connectivity index (χ1v) is 16.2. The van der Waals surface area contributed by atoms with Crippen molar-refractivity contribution in [3.63, 3.8) is 0 Å². The van der Waals surface area contributed by atoms with Gasteiger partial charge in [-0.2, -0.15) is 0 Å². The van der Waals surface area contributed by atoms with Gasteiger partial charge in [0.25, 0.3) is 5.91 Å². The number of rotatable bonds is 10. The van der Waals surface area contributed by atoms with Gasteiger partial charge in [0.2, 0.25) is 5.91 Å². The third-order valence-corrected chi connectivity index (χ3v) is 8.24. The maximum atomic E-state index is 13.9. The number of anilines is 1. The minimum Gasteiger partial charge on any atom is -0.444 e.